The number of hydrogen-bond donors (Lipinski definition) is 2. The predicted octanol–water partition coefficient (Wildman–Crippen LogP) is 4.33. The van der Waals surface area contributed by atoms with Crippen LogP contribution in [0.15, 0.2) is 30.8 Å². The predicted molar refractivity (Wildman–Crippen MR) is 131 cm³/mol. The van der Waals surface area contributed by atoms with Crippen LogP contribution in [0.1, 0.15) is 56.8 Å². The summed E-state index contributed by atoms with van der Waals surface area (Å²) >= 11 is 0. The lowest BCUT2D eigenvalue weighted by Gasteiger charge is -2.31. The van der Waals surface area contributed by atoms with Crippen molar-refractivity contribution in [1.82, 2.24) is 24.8 Å². The number of anilines is 3. The van der Waals surface area contributed by atoms with Gasteiger partial charge in [0, 0.05) is 49.4 Å². The van der Waals surface area contributed by atoms with Gasteiger partial charge in [0.05, 0.1) is 23.8 Å². The first-order chi connectivity index (χ1) is 16.1. The summed E-state index contributed by atoms with van der Waals surface area (Å²) in [6.07, 6.45) is 12.6. The zero-order valence-corrected chi connectivity index (χ0v) is 19.3. The van der Waals surface area contributed by atoms with E-state index in [1.807, 2.05) is 18.5 Å². The number of aromatic nitrogens is 4. The number of fused-ring (bicyclic) bond motifs is 3. The van der Waals surface area contributed by atoms with E-state index >= 15 is 0 Å². The van der Waals surface area contributed by atoms with E-state index in [1.165, 1.54) is 36.9 Å². The molecule has 3 aromatic heterocycles. The maximum Gasteiger partial charge on any atom is 0.230 e. The molecule has 2 N–H and O–H groups in total. The smallest absolute Gasteiger partial charge is 0.230 e. The summed E-state index contributed by atoms with van der Waals surface area (Å²) in [5.41, 5.74) is 4.11. The molecule has 1 saturated heterocycles. The third-order valence-corrected chi connectivity index (χ3v) is 7.11. The second-order valence-electron chi connectivity index (χ2n) is 9.70. The Morgan fingerprint density at radius 2 is 1.91 bits per heavy atom. The molecule has 3 aromatic rings. The van der Waals surface area contributed by atoms with E-state index < -0.39 is 5.60 Å². The summed E-state index contributed by atoms with van der Waals surface area (Å²) in [6.45, 7) is 8.30. The Bertz CT molecular complexity index is 1190. The molecule has 1 aliphatic carbocycles. The summed E-state index contributed by atoms with van der Waals surface area (Å²) in [5.74, 6) is 1.32. The third kappa shape index (κ3) is 3.62. The van der Waals surface area contributed by atoms with Crippen LogP contribution in [0.4, 0.5) is 17.5 Å². The molecular formula is C25H31N7O. The van der Waals surface area contributed by atoms with Crippen molar-refractivity contribution >= 4 is 34.6 Å². The molecule has 6 rings (SSSR count). The molecule has 1 saturated carbocycles. The molecule has 0 unspecified atom stereocenters. The summed E-state index contributed by atoms with van der Waals surface area (Å²) in [7, 11) is 0. The van der Waals surface area contributed by atoms with Gasteiger partial charge in [-0.25, -0.2) is 9.97 Å². The average Bonchev–Trinajstić information content (AvgIpc) is 3.47. The molecule has 33 heavy (non-hydrogen) atoms. The first kappa shape index (κ1) is 20.5. The Kier molecular flexibility index (Phi) is 4.98. The monoisotopic (exact) mass is 445 g/mol. The highest BCUT2D eigenvalue weighted by atomic mass is 16.5. The highest BCUT2D eigenvalue weighted by Crippen LogP contribution is 2.44. The molecule has 0 amide bonds. The summed E-state index contributed by atoms with van der Waals surface area (Å²) in [4.78, 5) is 16.6. The van der Waals surface area contributed by atoms with Crippen LogP contribution in [-0.2, 0) is 10.3 Å². The lowest BCUT2D eigenvalue weighted by Crippen LogP contribution is -2.43. The molecule has 0 radical (unpaired) electrons. The van der Waals surface area contributed by atoms with Crippen LogP contribution < -0.4 is 15.5 Å². The highest BCUT2D eigenvalue weighted by molar-refractivity contribution is 5.90. The highest BCUT2D eigenvalue weighted by Gasteiger charge is 2.36. The SMILES string of the molecule is CC1(C)OC=Cc2c1n(C1CCCC1)c1nc(Nc3ccc(N4CCNCC4)cn3)ncc21. The fraction of sp³-hybridized carbons (Fsp3) is 0.480. The van der Waals surface area contributed by atoms with E-state index in [1.54, 1.807) is 6.26 Å². The topological polar surface area (TPSA) is 80.1 Å². The van der Waals surface area contributed by atoms with E-state index in [9.17, 15) is 0 Å². The molecular weight excluding hydrogens is 414 g/mol. The van der Waals surface area contributed by atoms with Crippen LogP contribution in [0.3, 0.4) is 0 Å². The molecule has 172 valence electrons. The van der Waals surface area contributed by atoms with Crippen molar-refractivity contribution < 1.29 is 4.74 Å². The molecule has 3 aliphatic rings. The standard InChI is InChI=1S/C25H31N7O/c1-25(2)22-19(9-14-33-25)20-16-28-24(30-23(20)32(22)17-5-3-4-6-17)29-21-8-7-18(15-27-21)31-12-10-26-11-13-31/h7-9,14-17,26H,3-6,10-13H2,1-2H3,(H,27,28,29,30). The Morgan fingerprint density at radius 1 is 1.09 bits per heavy atom. The molecule has 8 heteroatoms. The lowest BCUT2D eigenvalue weighted by molar-refractivity contribution is 0.0442. The van der Waals surface area contributed by atoms with Crippen molar-refractivity contribution in [3.05, 3.63) is 42.0 Å². The van der Waals surface area contributed by atoms with Gasteiger partial charge in [0.15, 0.2) is 0 Å². The molecule has 2 fully saturated rings. The Labute approximate surface area is 194 Å². The molecule has 0 atom stereocenters. The maximum atomic E-state index is 6.03. The quantitative estimate of drug-likeness (QED) is 0.619. The van der Waals surface area contributed by atoms with Crippen LogP contribution in [0.5, 0.6) is 0 Å². The number of ether oxygens (including phenoxy) is 1. The lowest BCUT2D eigenvalue weighted by atomic mass is 9.97. The normalized spacial score (nSPS) is 20.1. The van der Waals surface area contributed by atoms with Crippen molar-refractivity contribution in [2.24, 2.45) is 0 Å². The van der Waals surface area contributed by atoms with Gasteiger partial charge in [-0.05, 0) is 44.9 Å². The zero-order valence-electron chi connectivity index (χ0n) is 19.3. The van der Waals surface area contributed by atoms with Crippen LogP contribution in [0.25, 0.3) is 17.1 Å². The van der Waals surface area contributed by atoms with E-state index in [4.69, 9.17) is 9.72 Å². The van der Waals surface area contributed by atoms with E-state index in [2.05, 4.69) is 56.1 Å². The fourth-order valence-electron chi connectivity index (χ4n) is 5.48. The molecule has 2 aliphatic heterocycles. The minimum Gasteiger partial charge on any atom is -0.489 e. The van der Waals surface area contributed by atoms with Gasteiger partial charge in [-0.15, -0.1) is 0 Å². The molecule has 0 spiro atoms. The van der Waals surface area contributed by atoms with Crippen LogP contribution >= 0.6 is 0 Å². The van der Waals surface area contributed by atoms with Gasteiger partial charge in [-0.2, -0.15) is 4.98 Å². The van der Waals surface area contributed by atoms with E-state index in [-0.39, 0.29) is 0 Å². The zero-order chi connectivity index (χ0) is 22.4. The number of pyridine rings is 1. The average molecular weight is 446 g/mol. The Balaban J connectivity index is 1.35. The van der Waals surface area contributed by atoms with Crippen LogP contribution in [0, 0.1) is 0 Å². The summed E-state index contributed by atoms with van der Waals surface area (Å²) < 4.78 is 8.45. The van der Waals surface area contributed by atoms with E-state index in [0.717, 1.165) is 48.7 Å². The fourth-order valence-corrected chi connectivity index (χ4v) is 5.48. The van der Waals surface area contributed by atoms with Crippen molar-refractivity contribution in [2.45, 2.75) is 51.2 Å². The van der Waals surface area contributed by atoms with Gasteiger partial charge < -0.3 is 24.8 Å². The van der Waals surface area contributed by atoms with Gasteiger partial charge >= 0.3 is 0 Å². The van der Waals surface area contributed by atoms with Gasteiger partial charge in [0.25, 0.3) is 0 Å². The Morgan fingerprint density at radius 3 is 2.67 bits per heavy atom. The minimum absolute atomic E-state index is 0.400. The number of rotatable bonds is 4. The first-order valence-electron chi connectivity index (χ1n) is 12.0. The van der Waals surface area contributed by atoms with Gasteiger partial charge in [-0.1, -0.05) is 12.8 Å². The summed E-state index contributed by atoms with van der Waals surface area (Å²) in [5, 5.41) is 7.78. The van der Waals surface area contributed by atoms with Crippen LogP contribution in [0.2, 0.25) is 0 Å². The Hall–Kier alpha value is -3.13. The third-order valence-electron chi connectivity index (χ3n) is 7.11. The van der Waals surface area contributed by atoms with Gasteiger partial charge in [-0.3, -0.25) is 0 Å². The molecule has 0 aromatic carbocycles. The second kappa shape index (κ2) is 8.02. The van der Waals surface area contributed by atoms with Gasteiger partial charge in [0.2, 0.25) is 5.95 Å². The van der Waals surface area contributed by atoms with Crippen molar-refractivity contribution in [2.75, 3.05) is 36.4 Å². The molecule has 8 nitrogen and oxygen atoms in total. The van der Waals surface area contributed by atoms with E-state index in [0.29, 0.717) is 12.0 Å². The van der Waals surface area contributed by atoms with Gasteiger partial charge in [0.1, 0.15) is 17.1 Å². The van der Waals surface area contributed by atoms with Crippen LogP contribution in [-0.4, -0.2) is 45.7 Å². The molecule has 0 bridgehead atoms. The van der Waals surface area contributed by atoms with Crippen molar-refractivity contribution in [3.63, 3.8) is 0 Å². The largest absolute Gasteiger partial charge is 0.489 e. The minimum atomic E-state index is -0.400. The number of nitrogens with one attached hydrogen (secondary N) is 2. The first-order valence-corrected chi connectivity index (χ1v) is 12.0. The number of nitrogens with zero attached hydrogens (tertiary/aromatic N) is 5. The maximum absolute atomic E-state index is 6.03. The molecule has 5 heterocycles. The summed E-state index contributed by atoms with van der Waals surface area (Å²) in [6, 6.07) is 4.57. The number of piperazine rings is 1. The van der Waals surface area contributed by atoms with Crippen molar-refractivity contribution in [3.8, 4) is 0 Å². The second-order valence-corrected chi connectivity index (χ2v) is 9.70. The number of hydrogen-bond acceptors (Lipinski definition) is 7. The van der Waals surface area contributed by atoms with Crippen molar-refractivity contribution in [1.29, 1.82) is 0 Å².